The minimum absolute atomic E-state index is 0.0886. The number of rotatable bonds is 5. The smallest absolute Gasteiger partial charge is 0.159 e. The maximum atomic E-state index is 13.7. The van der Waals surface area contributed by atoms with Crippen molar-refractivity contribution in [3.8, 4) is 0 Å². The van der Waals surface area contributed by atoms with Gasteiger partial charge in [0, 0.05) is 12.3 Å². The van der Waals surface area contributed by atoms with Crippen molar-refractivity contribution in [1.29, 1.82) is 0 Å². The number of carbonyl (C=O) groups excluding carboxylic acids is 2. The number of hydrogen-bond donors (Lipinski definition) is 0. The van der Waals surface area contributed by atoms with Gasteiger partial charge in [-0.2, -0.15) is 0 Å². The molecule has 5 aliphatic carbocycles. The number of ketones is 2. The summed E-state index contributed by atoms with van der Waals surface area (Å²) in [6.45, 7) is 12.1. The molecule has 0 radical (unpaired) electrons. The van der Waals surface area contributed by atoms with Crippen LogP contribution in [0.5, 0.6) is 0 Å². The van der Waals surface area contributed by atoms with Crippen molar-refractivity contribution in [2.75, 3.05) is 0 Å². The molecule has 5 aliphatic rings. The highest BCUT2D eigenvalue weighted by Gasteiger charge is 2.67. The molecular weight excluding hydrogens is 380 g/mol. The fourth-order valence-corrected chi connectivity index (χ4v) is 9.32. The molecular formula is C29H44O2. The third-order valence-corrected chi connectivity index (χ3v) is 11.2. The van der Waals surface area contributed by atoms with E-state index in [-0.39, 0.29) is 16.7 Å². The second kappa shape index (κ2) is 7.29. The van der Waals surface area contributed by atoms with Crippen molar-refractivity contribution >= 4 is 11.6 Å². The van der Waals surface area contributed by atoms with Crippen LogP contribution in [-0.4, -0.2) is 11.6 Å². The van der Waals surface area contributed by atoms with Crippen LogP contribution in [0.4, 0.5) is 0 Å². The average molecular weight is 425 g/mol. The zero-order chi connectivity index (χ0) is 22.2. The van der Waals surface area contributed by atoms with Crippen molar-refractivity contribution in [2.24, 2.45) is 51.8 Å². The molecule has 0 bridgehead atoms. The van der Waals surface area contributed by atoms with E-state index in [0.29, 0.717) is 28.8 Å². The first-order valence-corrected chi connectivity index (χ1v) is 13.4. The minimum Gasteiger partial charge on any atom is -0.299 e. The van der Waals surface area contributed by atoms with Gasteiger partial charge in [-0.25, -0.2) is 0 Å². The lowest BCUT2D eigenvalue weighted by Crippen LogP contribution is -2.55. The van der Waals surface area contributed by atoms with Crippen LogP contribution in [0.1, 0.15) is 105 Å². The Hall–Kier alpha value is -0.920. The maximum Gasteiger partial charge on any atom is 0.159 e. The standard InChI is InChI=1S/C29H44O2/c1-18(2)7-6-8-19(3)20-9-10-21-26-22(11-13-27(20,21)4)28(5)14-12-25(31)29(15-16-29)24(28)17-23(26)30/h17-22,26H,6-16H2,1-5H3/t19-,20-,21+,22+,26+,27-,28-/m1/s1. The number of Topliss-reactive ketones (excluding diaryl/α,β-unsaturated/α-hetero) is 1. The van der Waals surface area contributed by atoms with Gasteiger partial charge < -0.3 is 0 Å². The number of allylic oxidation sites excluding steroid dienone is 2. The first kappa shape index (κ1) is 21.9. The van der Waals surface area contributed by atoms with Gasteiger partial charge in [-0.3, -0.25) is 9.59 Å². The van der Waals surface area contributed by atoms with Gasteiger partial charge in [-0.05, 0) is 97.0 Å². The predicted molar refractivity (Wildman–Crippen MR) is 125 cm³/mol. The Bertz CT molecular complexity index is 802. The molecule has 0 aromatic rings. The van der Waals surface area contributed by atoms with Crippen molar-refractivity contribution in [3.63, 3.8) is 0 Å². The molecule has 5 rings (SSSR count). The van der Waals surface area contributed by atoms with Crippen LogP contribution < -0.4 is 0 Å². The lowest BCUT2D eigenvalue weighted by molar-refractivity contribution is -0.138. The fraction of sp³-hybridized carbons (Fsp3) is 0.862. The molecule has 7 atom stereocenters. The predicted octanol–water partition coefficient (Wildman–Crippen LogP) is 7.17. The van der Waals surface area contributed by atoms with E-state index in [9.17, 15) is 9.59 Å². The number of carbonyl (C=O) groups is 2. The Morgan fingerprint density at radius 2 is 1.68 bits per heavy atom. The molecule has 0 heterocycles. The Labute approximate surface area is 190 Å². The SMILES string of the molecule is CC(C)CCC[C@@H](C)[C@H]1CC[C@H]2[C@@H]3C(=O)C=C4C5(CC5)C(=O)CC[C@]4(C)[C@H]3CC[C@]12C. The second-order valence-electron chi connectivity index (χ2n) is 13.2. The first-order chi connectivity index (χ1) is 14.6. The Balaban J connectivity index is 1.40. The van der Waals surface area contributed by atoms with Gasteiger partial charge >= 0.3 is 0 Å². The van der Waals surface area contributed by atoms with E-state index in [2.05, 4.69) is 34.6 Å². The summed E-state index contributed by atoms with van der Waals surface area (Å²) in [6, 6.07) is 0. The summed E-state index contributed by atoms with van der Waals surface area (Å²) >= 11 is 0. The normalized spacial score (nSPS) is 44.0. The molecule has 31 heavy (non-hydrogen) atoms. The highest BCUT2D eigenvalue weighted by molar-refractivity contribution is 5.99. The topological polar surface area (TPSA) is 34.1 Å². The molecule has 0 unspecified atom stereocenters. The van der Waals surface area contributed by atoms with Crippen molar-refractivity contribution in [1.82, 2.24) is 0 Å². The monoisotopic (exact) mass is 424 g/mol. The van der Waals surface area contributed by atoms with Crippen molar-refractivity contribution in [2.45, 2.75) is 105 Å². The lowest BCUT2D eigenvalue weighted by Gasteiger charge is -2.58. The quantitative estimate of drug-likeness (QED) is 0.469. The van der Waals surface area contributed by atoms with Gasteiger partial charge in [-0.1, -0.05) is 53.9 Å². The van der Waals surface area contributed by atoms with Crippen LogP contribution in [0.15, 0.2) is 11.6 Å². The summed E-state index contributed by atoms with van der Waals surface area (Å²) in [5.41, 5.74) is 1.46. The number of hydrogen-bond acceptors (Lipinski definition) is 2. The van der Waals surface area contributed by atoms with Crippen LogP contribution >= 0.6 is 0 Å². The van der Waals surface area contributed by atoms with E-state index in [1.807, 2.05) is 6.08 Å². The molecule has 172 valence electrons. The molecule has 2 heteroatoms. The summed E-state index contributed by atoms with van der Waals surface area (Å²) in [4.78, 5) is 26.4. The summed E-state index contributed by atoms with van der Waals surface area (Å²) in [7, 11) is 0. The summed E-state index contributed by atoms with van der Waals surface area (Å²) < 4.78 is 0. The largest absolute Gasteiger partial charge is 0.299 e. The lowest BCUT2D eigenvalue weighted by atomic mass is 9.45. The zero-order valence-electron chi connectivity index (χ0n) is 20.6. The van der Waals surface area contributed by atoms with Gasteiger partial charge in [0.15, 0.2) is 5.78 Å². The molecule has 0 aromatic heterocycles. The van der Waals surface area contributed by atoms with Crippen molar-refractivity contribution < 1.29 is 9.59 Å². The third kappa shape index (κ3) is 3.09. The van der Waals surface area contributed by atoms with Crippen molar-refractivity contribution in [3.05, 3.63) is 11.6 Å². The molecule has 0 saturated heterocycles. The molecule has 0 amide bonds. The third-order valence-electron chi connectivity index (χ3n) is 11.2. The Kier molecular flexibility index (Phi) is 5.15. The highest BCUT2D eigenvalue weighted by atomic mass is 16.1. The second-order valence-corrected chi connectivity index (χ2v) is 13.2. The van der Waals surface area contributed by atoms with E-state index in [4.69, 9.17) is 0 Å². The van der Waals surface area contributed by atoms with Gasteiger partial charge in [0.05, 0.1) is 5.41 Å². The molecule has 4 fully saturated rings. The van der Waals surface area contributed by atoms with Crippen LogP contribution in [0.2, 0.25) is 0 Å². The van der Waals surface area contributed by atoms with E-state index in [0.717, 1.165) is 43.4 Å². The van der Waals surface area contributed by atoms with Crippen LogP contribution in [-0.2, 0) is 9.59 Å². The average Bonchev–Trinajstić information content (AvgIpc) is 3.42. The molecule has 2 nitrogen and oxygen atoms in total. The fourth-order valence-electron chi connectivity index (χ4n) is 9.32. The molecule has 0 N–H and O–H groups in total. The summed E-state index contributed by atoms with van der Waals surface area (Å²) in [6.07, 6.45) is 14.8. The summed E-state index contributed by atoms with van der Waals surface area (Å²) in [5.74, 6) is 4.41. The van der Waals surface area contributed by atoms with Gasteiger partial charge in [-0.15, -0.1) is 0 Å². The Morgan fingerprint density at radius 1 is 0.935 bits per heavy atom. The van der Waals surface area contributed by atoms with Crippen LogP contribution in [0.3, 0.4) is 0 Å². The molecule has 4 saturated carbocycles. The van der Waals surface area contributed by atoms with Gasteiger partial charge in [0.2, 0.25) is 0 Å². The van der Waals surface area contributed by atoms with Crippen LogP contribution in [0, 0.1) is 51.8 Å². The van der Waals surface area contributed by atoms with E-state index >= 15 is 0 Å². The Morgan fingerprint density at radius 3 is 2.35 bits per heavy atom. The first-order valence-electron chi connectivity index (χ1n) is 13.4. The molecule has 1 spiro atoms. The number of fused-ring (bicyclic) bond motifs is 6. The van der Waals surface area contributed by atoms with E-state index in [1.54, 1.807) is 0 Å². The van der Waals surface area contributed by atoms with E-state index in [1.165, 1.54) is 50.5 Å². The maximum absolute atomic E-state index is 13.7. The summed E-state index contributed by atoms with van der Waals surface area (Å²) in [5, 5.41) is 0. The minimum atomic E-state index is -0.225. The zero-order valence-corrected chi connectivity index (χ0v) is 20.6. The molecule has 0 aromatic carbocycles. The van der Waals surface area contributed by atoms with Gasteiger partial charge in [0.1, 0.15) is 5.78 Å². The van der Waals surface area contributed by atoms with Gasteiger partial charge in [0.25, 0.3) is 0 Å². The highest BCUT2D eigenvalue weighted by Crippen LogP contribution is 2.71. The molecule has 0 aliphatic heterocycles. The van der Waals surface area contributed by atoms with E-state index < -0.39 is 0 Å². The van der Waals surface area contributed by atoms with Crippen LogP contribution in [0.25, 0.3) is 0 Å².